The van der Waals surface area contributed by atoms with Crippen LogP contribution in [0, 0.1) is 0 Å². The number of aliphatic hydroxyl groups excluding tert-OH is 1. The van der Waals surface area contributed by atoms with Crippen LogP contribution in [0.2, 0.25) is 0 Å². The Bertz CT molecular complexity index is 1010. The molecule has 0 aliphatic carbocycles. The first-order chi connectivity index (χ1) is 14.2. The second kappa shape index (κ2) is 8.97. The third-order valence-electron chi connectivity index (χ3n) is 4.12. The molecule has 1 aromatic heterocycles. The molecule has 0 aliphatic rings. The summed E-state index contributed by atoms with van der Waals surface area (Å²) in [4.78, 5) is 16.5. The Morgan fingerprint density at radius 1 is 1.03 bits per heavy atom. The average molecular weight is 406 g/mol. The van der Waals surface area contributed by atoms with Crippen molar-refractivity contribution < 1.29 is 19.4 Å². The van der Waals surface area contributed by atoms with Crippen LogP contribution in [-0.4, -0.2) is 21.8 Å². The minimum Gasteiger partial charge on any atom is -0.457 e. The Kier molecular flexibility index (Phi) is 6.37. The highest BCUT2D eigenvalue weighted by molar-refractivity contribution is 5.87. The predicted octanol–water partition coefficient (Wildman–Crippen LogP) is 5.94. The number of hydrogen-bond acceptors (Lipinski definition) is 5. The highest BCUT2D eigenvalue weighted by Crippen LogP contribution is 2.38. The van der Waals surface area contributed by atoms with E-state index < -0.39 is 17.8 Å². The van der Waals surface area contributed by atoms with Crippen molar-refractivity contribution in [1.82, 2.24) is 4.98 Å². The third kappa shape index (κ3) is 5.58. The number of hydrogen-bond donors (Lipinski definition) is 2. The lowest BCUT2D eigenvalue weighted by Crippen LogP contribution is -2.27. The van der Waals surface area contributed by atoms with Gasteiger partial charge in [-0.05, 0) is 58.0 Å². The van der Waals surface area contributed by atoms with Crippen LogP contribution in [0.4, 0.5) is 10.5 Å². The van der Waals surface area contributed by atoms with Crippen molar-refractivity contribution in [3.8, 4) is 22.6 Å². The number of ether oxygens (including phenoxy) is 2. The fourth-order valence-electron chi connectivity index (χ4n) is 2.92. The molecule has 0 spiro atoms. The number of rotatable bonds is 5. The van der Waals surface area contributed by atoms with Crippen molar-refractivity contribution in [2.45, 2.75) is 39.4 Å². The molecule has 0 saturated heterocycles. The molecule has 1 unspecified atom stereocenters. The maximum absolute atomic E-state index is 12.2. The molecule has 0 bridgehead atoms. The first-order valence-corrected chi connectivity index (χ1v) is 9.73. The lowest BCUT2D eigenvalue weighted by molar-refractivity contribution is 0.0636. The number of nitrogens with one attached hydrogen (secondary N) is 1. The Morgan fingerprint density at radius 2 is 1.77 bits per heavy atom. The molecule has 30 heavy (non-hydrogen) atoms. The monoisotopic (exact) mass is 406 g/mol. The molecule has 2 N–H and O–H groups in total. The number of carbonyl (C=O) groups excluding carboxylic acids is 1. The summed E-state index contributed by atoms with van der Waals surface area (Å²) in [5.74, 6) is 1.17. The van der Waals surface area contributed by atoms with Crippen LogP contribution in [0.1, 0.15) is 39.5 Å². The number of benzene rings is 2. The summed E-state index contributed by atoms with van der Waals surface area (Å²) in [7, 11) is 0. The molecule has 0 fully saturated rings. The van der Waals surface area contributed by atoms with Crippen molar-refractivity contribution in [2.75, 3.05) is 5.32 Å². The second-order valence-corrected chi connectivity index (χ2v) is 7.87. The van der Waals surface area contributed by atoms with E-state index in [9.17, 15) is 9.90 Å². The van der Waals surface area contributed by atoms with Crippen LogP contribution in [0.15, 0.2) is 66.9 Å². The number of carbonyl (C=O) groups is 1. The van der Waals surface area contributed by atoms with E-state index in [4.69, 9.17) is 9.47 Å². The summed E-state index contributed by atoms with van der Waals surface area (Å²) in [6.07, 6.45) is 0.346. The SMILES string of the molecule is CC(O)c1ncccc1-c1ccc(NC(=O)OC(C)(C)C)cc1Oc1ccccc1. The van der Waals surface area contributed by atoms with Crippen LogP contribution in [0.3, 0.4) is 0 Å². The molecule has 1 atom stereocenters. The van der Waals surface area contributed by atoms with E-state index in [1.165, 1.54) is 0 Å². The van der Waals surface area contributed by atoms with E-state index in [-0.39, 0.29) is 0 Å². The van der Waals surface area contributed by atoms with Gasteiger partial charge < -0.3 is 14.6 Å². The molecule has 0 aliphatic heterocycles. The molecule has 156 valence electrons. The zero-order valence-corrected chi connectivity index (χ0v) is 17.5. The van der Waals surface area contributed by atoms with Crippen molar-refractivity contribution in [1.29, 1.82) is 0 Å². The molecule has 3 rings (SSSR count). The average Bonchev–Trinajstić information content (AvgIpc) is 2.67. The van der Waals surface area contributed by atoms with E-state index in [1.54, 1.807) is 52.1 Å². The number of nitrogens with zero attached hydrogens (tertiary/aromatic N) is 1. The maximum atomic E-state index is 12.2. The Balaban J connectivity index is 2.01. The lowest BCUT2D eigenvalue weighted by atomic mass is 10.00. The topological polar surface area (TPSA) is 80.7 Å². The van der Waals surface area contributed by atoms with E-state index >= 15 is 0 Å². The van der Waals surface area contributed by atoms with Gasteiger partial charge in [-0.2, -0.15) is 0 Å². The van der Waals surface area contributed by atoms with Gasteiger partial charge >= 0.3 is 6.09 Å². The van der Waals surface area contributed by atoms with Crippen molar-refractivity contribution >= 4 is 11.8 Å². The van der Waals surface area contributed by atoms with Crippen LogP contribution >= 0.6 is 0 Å². The Hall–Kier alpha value is -3.38. The van der Waals surface area contributed by atoms with Gasteiger partial charge in [-0.25, -0.2) is 4.79 Å². The van der Waals surface area contributed by atoms with Gasteiger partial charge in [0.2, 0.25) is 0 Å². The summed E-state index contributed by atoms with van der Waals surface area (Å²) in [5.41, 5.74) is 1.97. The molecule has 3 aromatic rings. The standard InChI is InChI=1S/C24H26N2O4/c1-16(27)22-20(11-8-14-25-22)19-13-12-17(26-23(28)30-24(2,3)4)15-21(19)29-18-9-6-5-7-10-18/h5-16,27H,1-4H3,(H,26,28). The van der Waals surface area contributed by atoms with E-state index in [0.29, 0.717) is 22.9 Å². The van der Waals surface area contributed by atoms with Gasteiger partial charge in [-0.1, -0.05) is 24.3 Å². The predicted molar refractivity (Wildman–Crippen MR) is 117 cm³/mol. The molecule has 1 heterocycles. The highest BCUT2D eigenvalue weighted by Gasteiger charge is 2.19. The highest BCUT2D eigenvalue weighted by atomic mass is 16.6. The van der Waals surface area contributed by atoms with Gasteiger partial charge in [-0.3, -0.25) is 10.3 Å². The fraction of sp³-hybridized carbons (Fsp3) is 0.250. The third-order valence-corrected chi connectivity index (χ3v) is 4.12. The molecule has 0 saturated carbocycles. The number of para-hydroxylation sites is 1. The molecule has 1 amide bonds. The van der Waals surface area contributed by atoms with Crippen LogP contribution in [-0.2, 0) is 4.74 Å². The second-order valence-electron chi connectivity index (χ2n) is 7.87. The van der Waals surface area contributed by atoms with Crippen molar-refractivity contribution in [3.05, 3.63) is 72.6 Å². The fourth-order valence-corrected chi connectivity index (χ4v) is 2.92. The summed E-state index contributed by atoms with van der Waals surface area (Å²) in [6.45, 7) is 7.08. The Morgan fingerprint density at radius 3 is 2.43 bits per heavy atom. The van der Waals surface area contributed by atoms with E-state index in [1.807, 2.05) is 42.5 Å². The largest absolute Gasteiger partial charge is 0.457 e. The molecule has 0 radical (unpaired) electrons. The number of aromatic nitrogens is 1. The molecule has 6 nitrogen and oxygen atoms in total. The number of amides is 1. The normalized spacial score (nSPS) is 12.2. The summed E-state index contributed by atoms with van der Waals surface area (Å²) < 4.78 is 11.5. The number of anilines is 1. The van der Waals surface area contributed by atoms with Gasteiger partial charge in [0, 0.05) is 29.1 Å². The van der Waals surface area contributed by atoms with E-state index in [2.05, 4.69) is 10.3 Å². The van der Waals surface area contributed by atoms with Crippen molar-refractivity contribution in [3.63, 3.8) is 0 Å². The summed E-state index contributed by atoms with van der Waals surface area (Å²) >= 11 is 0. The van der Waals surface area contributed by atoms with Crippen molar-refractivity contribution in [2.24, 2.45) is 0 Å². The van der Waals surface area contributed by atoms with Crippen LogP contribution in [0.5, 0.6) is 11.5 Å². The quantitative estimate of drug-likeness (QED) is 0.548. The molecule has 2 aromatic carbocycles. The minimum absolute atomic E-state index is 0.518. The molecule has 6 heteroatoms. The minimum atomic E-state index is -0.745. The zero-order valence-electron chi connectivity index (χ0n) is 17.5. The van der Waals surface area contributed by atoms with Gasteiger partial charge in [-0.15, -0.1) is 0 Å². The van der Waals surface area contributed by atoms with Gasteiger partial charge in [0.15, 0.2) is 0 Å². The first kappa shape index (κ1) is 21.3. The van der Waals surface area contributed by atoms with Crippen LogP contribution < -0.4 is 10.1 Å². The van der Waals surface area contributed by atoms with Crippen LogP contribution in [0.25, 0.3) is 11.1 Å². The Labute approximate surface area is 176 Å². The smallest absolute Gasteiger partial charge is 0.412 e. The summed E-state index contributed by atoms with van der Waals surface area (Å²) in [6, 6.07) is 18.3. The number of pyridine rings is 1. The maximum Gasteiger partial charge on any atom is 0.412 e. The first-order valence-electron chi connectivity index (χ1n) is 9.73. The lowest BCUT2D eigenvalue weighted by Gasteiger charge is -2.20. The van der Waals surface area contributed by atoms with Gasteiger partial charge in [0.05, 0.1) is 11.8 Å². The van der Waals surface area contributed by atoms with Gasteiger partial charge in [0.25, 0.3) is 0 Å². The number of aliphatic hydroxyl groups is 1. The molecular formula is C24H26N2O4. The van der Waals surface area contributed by atoms with E-state index in [0.717, 1.165) is 11.1 Å². The molecular weight excluding hydrogens is 380 g/mol. The summed E-state index contributed by atoms with van der Waals surface area (Å²) in [5, 5.41) is 12.9. The van der Waals surface area contributed by atoms with Gasteiger partial charge in [0.1, 0.15) is 17.1 Å². The zero-order chi connectivity index (χ0) is 21.7.